The van der Waals surface area contributed by atoms with Crippen molar-refractivity contribution < 1.29 is 0 Å². The first-order chi connectivity index (χ1) is 12.2. The quantitative estimate of drug-likeness (QED) is 0.844. The molecular weight excluding hydrogens is 308 g/mol. The Morgan fingerprint density at radius 3 is 2.04 bits per heavy atom. The lowest BCUT2D eigenvalue weighted by molar-refractivity contribution is 0.00984. The number of likely N-dealkylation sites (tertiary alicyclic amines) is 3. The molecule has 1 N–H and O–H groups in total. The van der Waals surface area contributed by atoms with Crippen molar-refractivity contribution in [2.24, 2.45) is 11.3 Å². The minimum absolute atomic E-state index is 0.707. The number of nitrogens with zero attached hydrogens (tertiary/aromatic N) is 3. The number of rotatable bonds is 3. The summed E-state index contributed by atoms with van der Waals surface area (Å²) in [6.07, 6.45) is 11.5. The first kappa shape index (κ1) is 18.2. The van der Waals surface area contributed by atoms with Crippen LogP contribution in [0.15, 0.2) is 0 Å². The second kappa shape index (κ2) is 8.24. The largest absolute Gasteiger partial charge is 0.317 e. The first-order valence-electron chi connectivity index (χ1n) is 11.1. The van der Waals surface area contributed by atoms with E-state index in [1.165, 1.54) is 110 Å². The van der Waals surface area contributed by atoms with Gasteiger partial charge < -0.3 is 20.0 Å². The van der Waals surface area contributed by atoms with Crippen LogP contribution in [0.4, 0.5) is 0 Å². The maximum absolute atomic E-state index is 3.50. The highest BCUT2D eigenvalue weighted by Gasteiger charge is 2.38. The molecule has 0 radical (unpaired) electrons. The molecule has 0 aliphatic carbocycles. The van der Waals surface area contributed by atoms with E-state index in [0.717, 1.165) is 12.0 Å². The fourth-order valence-electron chi connectivity index (χ4n) is 5.85. The average Bonchev–Trinajstić information content (AvgIpc) is 2.67. The van der Waals surface area contributed by atoms with Gasteiger partial charge in [-0.25, -0.2) is 0 Å². The Hall–Kier alpha value is -0.160. The molecule has 0 aromatic carbocycles. The molecule has 4 fully saturated rings. The zero-order valence-electron chi connectivity index (χ0n) is 16.5. The van der Waals surface area contributed by atoms with Crippen LogP contribution in [0.25, 0.3) is 0 Å². The Morgan fingerprint density at radius 1 is 0.800 bits per heavy atom. The van der Waals surface area contributed by atoms with E-state index in [9.17, 15) is 0 Å². The lowest BCUT2D eigenvalue weighted by Gasteiger charge is -2.49. The predicted molar refractivity (Wildman–Crippen MR) is 105 cm³/mol. The molecule has 4 aliphatic rings. The summed E-state index contributed by atoms with van der Waals surface area (Å²) in [6, 6.07) is 0.882. The summed E-state index contributed by atoms with van der Waals surface area (Å²) in [7, 11) is 2.29. The van der Waals surface area contributed by atoms with E-state index in [-0.39, 0.29) is 0 Å². The highest BCUT2D eigenvalue weighted by molar-refractivity contribution is 4.92. The summed E-state index contributed by atoms with van der Waals surface area (Å²) < 4.78 is 0. The van der Waals surface area contributed by atoms with E-state index in [1.54, 1.807) is 0 Å². The van der Waals surface area contributed by atoms with E-state index in [0.29, 0.717) is 5.41 Å². The van der Waals surface area contributed by atoms with Gasteiger partial charge in [0, 0.05) is 12.6 Å². The molecule has 0 aromatic heterocycles. The molecule has 4 saturated heterocycles. The number of nitrogens with one attached hydrogen (secondary N) is 1. The lowest BCUT2D eigenvalue weighted by atomic mass is 9.71. The fraction of sp³-hybridized carbons (Fsp3) is 1.00. The highest BCUT2D eigenvalue weighted by Crippen LogP contribution is 2.41. The van der Waals surface area contributed by atoms with Crippen LogP contribution >= 0.6 is 0 Å². The van der Waals surface area contributed by atoms with E-state index in [4.69, 9.17) is 0 Å². The minimum atomic E-state index is 0.707. The maximum atomic E-state index is 3.50. The third kappa shape index (κ3) is 4.58. The van der Waals surface area contributed by atoms with E-state index < -0.39 is 0 Å². The lowest BCUT2D eigenvalue weighted by Crippen LogP contribution is -2.52. The van der Waals surface area contributed by atoms with Gasteiger partial charge in [-0.15, -0.1) is 0 Å². The van der Waals surface area contributed by atoms with Crippen molar-refractivity contribution in [2.45, 2.75) is 57.4 Å². The van der Waals surface area contributed by atoms with E-state index in [1.807, 2.05) is 0 Å². The molecule has 4 aliphatic heterocycles. The van der Waals surface area contributed by atoms with Gasteiger partial charge in [0.2, 0.25) is 0 Å². The van der Waals surface area contributed by atoms with Crippen LogP contribution in [-0.4, -0.2) is 86.7 Å². The zero-order chi connectivity index (χ0) is 17.1. The van der Waals surface area contributed by atoms with Gasteiger partial charge in [0.1, 0.15) is 0 Å². The maximum Gasteiger partial charge on any atom is 0.0120 e. The molecule has 0 amide bonds. The van der Waals surface area contributed by atoms with Crippen molar-refractivity contribution in [3.8, 4) is 0 Å². The second-order valence-corrected chi connectivity index (χ2v) is 9.56. The molecule has 4 heterocycles. The Labute approximate surface area is 155 Å². The Bertz CT molecular complexity index is 394. The molecule has 4 heteroatoms. The standard InChI is InChI=1S/C21H40N4/c1-23-14-6-21(7-15-23)8-16-25(17-9-21)20-4-12-24(13-5-20)18-19-2-10-22-11-3-19/h19-20,22H,2-18H2,1H3. The molecule has 0 aromatic rings. The van der Waals surface area contributed by atoms with Gasteiger partial charge in [0.25, 0.3) is 0 Å². The molecule has 4 rings (SSSR count). The Kier molecular flexibility index (Phi) is 6.01. The first-order valence-corrected chi connectivity index (χ1v) is 11.1. The monoisotopic (exact) mass is 348 g/mol. The van der Waals surface area contributed by atoms with Crippen LogP contribution in [0.2, 0.25) is 0 Å². The Balaban J connectivity index is 1.18. The molecule has 0 atom stereocenters. The summed E-state index contributed by atoms with van der Waals surface area (Å²) in [5, 5.41) is 3.50. The molecule has 1 spiro atoms. The zero-order valence-corrected chi connectivity index (χ0v) is 16.5. The van der Waals surface area contributed by atoms with Gasteiger partial charge in [-0.1, -0.05) is 0 Å². The number of hydrogen-bond donors (Lipinski definition) is 1. The second-order valence-electron chi connectivity index (χ2n) is 9.56. The smallest absolute Gasteiger partial charge is 0.0120 e. The van der Waals surface area contributed by atoms with Crippen LogP contribution in [0, 0.1) is 11.3 Å². The summed E-state index contributed by atoms with van der Waals surface area (Å²) in [6.45, 7) is 12.0. The predicted octanol–water partition coefficient (Wildman–Crippen LogP) is 2.26. The summed E-state index contributed by atoms with van der Waals surface area (Å²) in [4.78, 5) is 8.16. The van der Waals surface area contributed by atoms with Crippen LogP contribution in [0.3, 0.4) is 0 Å². The van der Waals surface area contributed by atoms with Crippen molar-refractivity contribution in [3.05, 3.63) is 0 Å². The van der Waals surface area contributed by atoms with Gasteiger partial charge in [0.05, 0.1) is 0 Å². The van der Waals surface area contributed by atoms with Gasteiger partial charge >= 0.3 is 0 Å². The molecule has 144 valence electrons. The van der Waals surface area contributed by atoms with Gasteiger partial charge in [0.15, 0.2) is 0 Å². The highest BCUT2D eigenvalue weighted by atomic mass is 15.2. The molecule has 0 unspecified atom stereocenters. The van der Waals surface area contributed by atoms with Crippen molar-refractivity contribution in [1.29, 1.82) is 0 Å². The van der Waals surface area contributed by atoms with Crippen LogP contribution in [0.1, 0.15) is 51.4 Å². The third-order valence-electron chi connectivity index (χ3n) is 7.96. The van der Waals surface area contributed by atoms with Crippen molar-refractivity contribution >= 4 is 0 Å². The van der Waals surface area contributed by atoms with Crippen molar-refractivity contribution in [2.75, 3.05) is 66.0 Å². The third-order valence-corrected chi connectivity index (χ3v) is 7.96. The number of hydrogen-bond acceptors (Lipinski definition) is 4. The van der Waals surface area contributed by atoms with Gasteiger partial charge in [-0.3, -0.25) is 0 Å². The van der Waals surface area contributed by atoms with E-state index >= 15 is 0 Å². The number of piperidine rings is 4. The van der Waals surface area contributed by atoms with Crippen LogP contribution < -0.4 is 5.32 Å². The summed E-state index contributed by atoms with van der Waals surface area (Å²) in [5.74, 6) is 0.956. The topological polar surface area (TPSA) is 21.8 Å². The normalized spacial score (nSPS) is 31.6. The minimum Gasteiger partial charge on any atom is -0.317 e. The molecule has 25 heavy (non-hydrogen) atoms. The average molecular weight is 349 g/mol. The summed E-state index contributed by atoms with van der Waals surface area (Å²) >= 11 is 0. The van der Waals surface area contributed by atoms with Gasteiger partial charge in [-0.05, 0) is 122 Å². The Morgan fingerprint density at radius 2 is 1.40 bits per heavy atom. The SMILES string of the molecule is CN1CCC2(CC1)CCN(C1CCN(CC3CCNCC3)CC1)CC2. The van der Waals surface area contributed by atoms with Crippen molar-refractivity contribution in [3.63, 3.8) is 0 Å². The molecule has 4 nitrogen and oxygen atoms in total. The van der Waals surface area contributed by atoms with Crippen LogP contribution in [-0.2, 0) is 0 Å². The molecular formula is C21H40N4. The fourth-order valence-corrected chi connectivity index (χ4v) is 5.85. The summed E-state index contributed by atoms with van der Waals surface area (Å²) in [5.41, 5.74) is 0.707. The molecule has 0 saturated carbocycles. The van der Waals surface area contributed by atoms with Crippen molar-refractivity contribution in [1.82, 2.24) is 20.0 Å². The molecule has 0 bridgehead atoms. The van der Waals surface area contributed by atoms with E-state index in [2.05, 4.69) is 27.1 Å². The van der Waals surface area contributed by atoms with Gasteiger partial charge in [-0.2, -0.15) is 0 Å². The van der Waals surface area contributed by atoms with Crippen LogP contribution in [0.5, 0.6) is 0 Å².